The molecule has 0 spiro atoms. The lowest BCUT2D eigenvalue weighted by molar-refractivity contribution is -0.384. The van der Waals surface area contributed by atoms with Crippen LogP contribution in [0.2, 0.25) is 0 Å². The van der Waals surface area contributed by atoms with E-state index in [2.05, 4.69) is 17.2 Å². The molecule has 0 unspecified atom stereocenters. The highest BCUT2D eigenvalue weighted by Gasteiger charge is 2.14. The zero-order chi connectivity index (χ0) is 14.4. The molecule has 0 bridgehead atoms. The average molecular weight is 262 g/mol. The maximum absolute atomic E-state index is 11.0. The van der Waals surface area contributed by atoms with Crippen molar-refractivity contribution in [2.75, 3.05) is 6.54 Å². The summed E-state index contributed by atoms with van der Waals surface area (Å²) in [5.41, 5.74) is -0.405. The third-order valence-corrected chi connectivity index (χ3v) is 2.09. The van der Waals surface area contributed by atoms with Gasteiger partial charge in [-0.2, -0.15) is 0 Å². The van der Waals surface area contributed by atoms with Crippen molar-refractivity contribution in [3.63, 3.8) is 0 Å². The number of nitro groups is 1. The van der Waals surface area contributed by atoms with Crippen LogP contribution in [0.3, 0.4) is 0 Å². The van der Waals surface area contributed by atoms with Crippen LogP contribution < -0.4 is 5.32 Å². The normalized spacial score (nSPS) is 9.11. The molecule has 0 aliphatic carbocycles. The van der Waals surface area contributed by atoms with Gasteiger partial charge in [-0.15, -0.1) is 0 Å². The number of carboxylic acid groups (broad SMARTS) is 1. The molecule has 98 valence electrons. The fourth-order valence-corrected chi connectivity index (χ4v) is 1.24. The zero-order valence-corrected chi connectivity index (χ0v) is 9.97. The van der Waals surface area contributed by atoms with E-state index in [1.54, 1.807) is 0 Å². The molecule has 0 radical (unpaired) electrons. The number of carbonyl (C=O) groups excluding carboxylic acids is 1. The van der Waals surface area contributed by atoms with Crippen molar-refractivity contribution >= 4 is 17.6 Å². The van der Waals surface area contributed by atoms with E-state index in [-0.39, 0.29) is 29.3 Å². The van der Waals surface area contributed by atoms with Crippen molar-refractivity contribution in [2.45, 2.75) is 6.92 Å². The summed E-state index contributed by atoms with van der Waals surface area (Å²) < 4.78 is 0. The van der Waals surface area contributed by atoms with Crippen molar-refractivity contribution < 1.29 is 19.6 Å². The molecule has 1 aromatic carbocycles. The maximum Gasteiger partial charge on any atom is 0.337 e. The monoisotopic (exact) mass is 262 g/mol. The molecule has 0 aliphatic heterocycles. The predicted molar refractivity (Wildman–Crippen MR) is 65.6 cm³/mol. The lowest BCUT2D eigenvalue weighted by Gasteiger charge is -1.99. The van der Waals surface area contributed by atoms with E-state index in [1.165, 1.54) is 19.1 Å². The van der Waals surface area contributed by atoms with Crippen molar-refractivity contribution in [1.82, 2.24) is 5.32 Å². The van der Waals surface area contributed by atoms with Gasteiger partial charge in [0.15, 0.2) is 0 Å². The molecule has 0 saturated heterocycles. The van der Waals surface area contributed by atoms with Crippen molar-refractivity contribution in [1.29, 1.82) is 0 Å². The fraction of sp³-hybridized carbons (Fsp3) is 0.167. The number of non-ortho nitro benzene ring substituents is 1. The van der Waals surface area contributed by atoms with Crippen molar-refractivity contribution in [2.24, 2.45) is 0 Å². The first-order chi connectivity index (χ1) is 8.91. The number of carboxylic acids is 1. The van der Waals surface area contributed by atoms with Crippen LogP contribution >= 0.6 is 0 Å². The van der Waals surface area contributed by atoms with Crippen LogP contribution in [0.4, 0.5) is 5.69 Å². The van der Waals surface area contributed by atoms with E-state index in [1.807, 2.05) is 0 Å². The number of carbonyl (C=O) groups is 2. The minimum absolute atomic E-state index is 0.0748. The average Bonchev–Trinajstić information content (AvgIpc) is 2.34. The number of nitro benzene ring substituents is 1. The number of rotatable bonds is 3. The van der Waals surface area contributed by atoms with Gasteiger partial charge in [0.25, 0.3) is 5.69 Å². The predicted octanol–water partition coefficient (Wildman–Crippen LogP) is 0.781. The van der Waals surface area contributed by atoms with Gasteiger partial charge < -0.3 is 10.4 Å². The fourth-order valence-electron chi connectivity index (χ4n) is 1.24. The molecule has 7 nitrogen and oxygen atoms in total. The molecule has 1 aromatic rings. The van der Waals surface area contributed by atoms with Crippen LogP contribution in [0.1, 0.15) is 22.8 Å². The molecule has 0 aromatic heterocycles. The van der Waals surface area contributed by atoms with E-state index < -0.39 is 10.9 Å². The summed E-state index contributed by atoms with van der Waals surface area (Å²) in [5.74, 6) is 3.56. The van der Waals surface area contributed by atoms with E-state index >= 15 is 0 Å². The second kappa shape index (κ2) is 6.16. The summed E-state index contributed by atoms with van der Waals surface area (Å²) in [5, 5.41) is 21.9. The van der Waals surface area contributed by atoms with Crippen LogP contribution in [0.15, 0.2) is 18.2 Å². The third kappa shape index (κ3) is 4.12. The Kier molecular flexibility index (Phi) is 4.60. The lowest BCUT2D eigenvalue weighted by Crippen LogP contribution is -2.19. The van der Waals surface area contributed by atoms with E-state index in [0.717, 1.165) is 6.07 Å². The van der Waals surface area contributed by atoms with Gasteiger partial charge >= 0.3 is 5.97 Å². The second-order valence-electron chi connectivity index (χ2n) is 3.50. The standard InChI is InChI=1S/C12H10N2O5/c1-8(15)13-6-2-3-9-4-5-10(14(18)19)7-11(9)12(16)17/h4-5,7H,6H2,1H3,(H,13,15)(H,16,17). The highest BCUT2D eigenvalue weighted by molar-refractivity contribution is 5.91. The van der Waals surface area contributed by atoms with Crippen LogP contribution in [-0.2, 0) is 4.79 Å². The molecule has 2 N–H and O–H groups in total. The van der Waals surface area contributed by atoms with Crippen LogP contribution in [0.5, 0.6) is 0 Å². The Bertz CT molecular complexity index is 598. The molecule has 0 fully saturated rings. The van der Waals surface area contributed by atoms with Crippen LogP contribution in [-0.4, -0.2) is 28.5 Å². The van der Waals surface area contributed by atoms with Gasteiger partial charge in [0.2, 0.25) is 5.91 Å². The Morgan fingerprint density at radius 2 is 2.16 bits per heavy atom. The largest absolute Gasteiger partial charge is 0.478 e. The van der Waals surface area contributed by atoms with Gasteiger partial charge in [-0.25, -0.2) is 4.79 Å². The van der Waals surface area contributed by atoms with E-state index in [4.69, 9.17) is 5.11 Å². The lowest BCUT2D eigenvalue weighted by atomic mass is 10.1. The highest BCUT2D eigenvalue weighted by atomic mass is 16.6. The molecular formula is C12H10N2O5. The number of aromatic carboxylic acids is 1. The summed E-state index contributed by atoms with van der Waals surface area (Å²) in [4.78, 5) is 31.5. The van der Waals surface area contributed by atoms with E-state index in [0.29, 0.717) is 0 Å². The number of amides is 1. The number of benzene rings is 1. The first kappa shape index (κ1) is 14.2. The quantitative estimate of drug-likeness (QED) is 0.475. The topological polar surface area (TPSA) is 110 Å². The number of hydrogen-bond acceptors (Lipinski definition) is 4. The van der Waals surface area contributed by atoms with Gasteiger partial charge in [-0.3, -0.25) is 14.9 Å². The molecule has 1 amide bonds. The summed E-state index contributed by atoms with van der Waals surface area (Å²) in [6.07, 6.45) is 0. The van der Waals surface area contributed by atoms with Crippen LogP contribution in [0.25, 0.3) is 0 Å². The van der Waals surface area contributed by atoms with Gasteiger partial charge in [0, 0.05) is 24.6 Å². The van der Waals surface area contributed by atoms with Gasteiger partial charge in [-0.05, 0) is 6.07 Å². The summed E-state index contributed by atoms with van der Waals surface area (Å²) in [6, 6.07) is 3.39. The van der Waals surface area contributed by atoms with Crippen molar-refractivity contribution in [3.05, 3.63) is 39.4 Å². The number of nitrogens with one attached hydrogen (secondary N) is 1. The third-order valence-electron chi connectivity index (χ3n) is 2.09. The Morgan fingerprint density at radius 3 is 2.68 bits per heavy atom. The number of nitrogens with zero attached hydrogens (tertiary/aromatic N) is 1. The first-order valence-electron chi connectivity index (χ1n) is 5.17. The molecule has 0 aliphatic rings. The molecule has 7 heteroatoms. The van der Waals surface area contributed by atoms with Gasteiger partial charge in [0.1, 0.15) is 0 Å². The van der Waals surface area contributed by atoms with Crippen LogP contribution in [0, 0.1) is 22.0 Å². The maximum atomic E-state index is 11.0. The highest BCUT2D eigenvalue weighted by Crippen LogP contribution is 2.17. The molecule has 0 atom stereocenters. The smallest absolute Gasteiger partial charge is 0.337 e. The van der Waals surface area contributed by atoms with E-state index in [9.17, 15) is 19.7 Å². The summed E-state index contributed by atoms with van der Waals surface area (Å²) >= 11 is 0. The van der Waals surface area contributed by atoms with Gasteiger partial charge in [0.05, 0.1) is 17.0 Å². The Balaban J connectivity index is 3.03. The Morgan fingerprint density at radius 1 is 1.47 bits per heavy atom. The van der Waals surface area contributed by atoms with Crippen molar-refractivity contribution in [3.8, 4) is 11.8 Å². The molecule has 1 rings (SSSR count). The first-order valence-corrected chi connectivity index (χ1v) is 5.17. The SMILES string of the molecule is CC(=O)NCC#Cc1ccc([N+](=O)[O-])cc1C(=O)O. The summed E-state index contributed by atoms with van der Waals surface area (Å²) in [6.45, 7) is 1.40. The minimum atomic E-state index is -1.30. The molecule has 0 heterocycles. The number of hydrogen-bond donors (Lipinski definition) is 2. The molecule has 19 heavy (non-hydrogen) atoms. The Hall–Kier alpha value is -2.88. The second-order valence-corrected chi connectivity index (χ2v) is 3.50. The molecule has 0 saturated carbocycles. The summed E-state index contributed by atoms with van der Waals surface area (Å²) in [7, 11) is 0. The minimum Gasteiger partial charge on any atom is -0.478 e. The zero-order valence-electron chi connectivity index (χ0n) is 9.97. The Labute approximate surface area is 108 Å². The van der Waals surface area contributed by atoms with Gasteiger partial charge in [-0.1, -0.05) is 11.8 Å². The molecular weight excluding hydrogens is 252 g/mol.